The van der Waals surface area contributed by atoms with Crippen LogP contribution in [-0.4, -0.2) is 36.9 Å². The standard InChI is InChI=1S/C25H33NO2/c27-25(22-13-6-4-7-14-22)23-15-12-16-24(21-23)28-20-11-3-1-2-8-17-26-18-9-5-10-19-26/h4,6-7,12-16,21H,1-3,5,8-11,17-20H2/i13T,14T,21T. The van der Waals surface area contributed by atoms with Crippen LogP contribution in [0.2, 0.25) is 0 Å². The Hall–Kier alpha value is -2.13. The van der Waals surface area contributed by atoms with Crippen molar-refractivity contribution in [3.8, 4) is 5.75 Å². The van der Waals surface area contributed by atoms with E-state index in [1.54, 1.807) is 24.3 Å². The molecule has 3 nitrogen and oxygen atoms in total. The maximum atomic E-state index is 12.8. The van der Waals surface area contributed by atoms with Gasteiger partial charge in [0, 0.05) is 11.1 Å². The molecule has 1 heterocycles. The van der Waals surface area contributed by atoms with Crippen molar-refractivity contribution in [1.82, 2.24) is 4.90 Å². The van der Waals surface area contributed by atoms with Crippen molar-refractivity contribution in [2.75, 3.05) is 26.2 Å². The van der Waals surface area contributed by atoms with Gasteiger partial charge in [-0.25, -0.2) is 0 Å². The Morgan fingerprint density at radius 2 is 1.64 bits per heavy atom. The number of carbonyl (C=O) groups excluding carboxylic acids is 1. The molecule has 0 aromatic heterocycles. The van der Waals surface area contributed by atoms with Gasteiger partial charge in [0.1, 0.15) is 5.75 Å². The molecular formula is C25H33NO2. The van der Waals surface area contributed by atoms with Crippen LogP contribution in [0, 0.1) is 0 Å². The highest BCUT2D eigenvalue weighted by Crippen LogP contribution is 2.17. The summed E-state index contributed by atoms with van der Waals surface area (Å²) in [6.07, 6.45) is 9.80. The highest BCUT2D eigenvalue weighted by molar-refractivity contribution is 6.09. The van der Waals surface area contributed by atoms with Crippen molar-refractivity contribution in [3.05, 3.63) is 65.7 Å². The first-order chi connectivity index (χ1) is 15.1. The van der Waals surface area contributed by atoms with Crippen LogP contribution in [0.25, 0.3) is 0 Å². The van der Waals surface area contributed by atoms with Crippen LogP contribution in [0.3, 0.4) is 0 Å². The number of piperidine rings is 1. The molecule has 28 heavy (non-hydrogen) atoms. The molecule has 0 radical (unpaired) electrons. The molecule has 0 spiro atoms. The van der Waals surface area contributed by atoms with Crippen LogP contribution in [0.1, 0.15) is 71.4 Å². The topological polar surface area (TPSA) is 29.5 Å². The SMILES string of the molecule is [3H]c1cccc([3H])c1C(=O)c1cccc(OCCCCCCCN2CCCCC2)c1[3H]. The lowest BCUT2D eigenvalue weighted by molar-refractivity contribution is 0.103. The molecule has 0 N–H and O–H groups in total. The van der Waals surface area contributed by atoms with E-state index in [2.05, 4.69) is 4.90 Å². The van der Waals surface area contributed by atoms with Gasteiger partial charge in [-0.15, -0.1) is 0 Å². The summed E-state index contributed by atoms with van der Waals surface area (Å²) in [5.74, 6) is -0.0929. The number of ketones is 1. The minimum absolute atomic E-state index is 0.00325. The molecule has 1 saturated heterocycles. The lowest BCUT2D eigenvalue weighted by atomic mass is 10.0. The number of likely N-dealkylation sites (tertiary alicyclic amines) is 1. The number of nitrogens with zero attached hydrogens (tertiary/aromatic N) is 1. The molecule has 0 saturated carbocycles. The number of ether oxygens (including phenoxy) is 1. The predicted molar refractivity (Wildman–Crippen MR) is 115 cm³/mol. The molecule has 0 atom stereocenters. The molecule has 0 unspecified atom stereocenters. The van der Waals surface area contributed by atoms with Crippen LogP contribution in [-0.2, 0) is 0 Å². The summed E-state index contributed by atoms with van der Waals surface area (Å²) >= 11 is 0. The Bertz CT molecular complexity index is 846. The molecular weight excluding hydrogens is 346 g/mol. The third kappa shape index (κ3) is 6.79. The van der Waals surface area contributed by atoms with Gasteiger partial charge in [-0.05, 0) is 57.4 Å². The largest absolute Gasteiger partial charge is 0.494 e. The van der Waals surface area contributed by atoms with Gasteiger partial charge in [-0.2, -0.15) is 0 Å². The second-order valence-corrected chi connectivity index (χ2v) is 7.47. The fraction of sp³-hybridized carbons (Fsp3) is 0.480. The lowest BCUT2D eigenvalue weighted by Crippen LogP contribution is -2.30. The summed E-state index contributed by atoms with van der Waals surface area (Å²) in [6.45, 7) is 4.28. The molecule has 0 amide bonds. The molecule has 3 heteroatoms. The predicted octanol–water partition coefficient (Wildman–Crippen LogP) is 5.73. The smallest absolute Gasteiger partial charge is 0.193 e. The molecule has 1 fully saturated rings. The molecule has 150 valence electrons. The number of hydrogen-bond acceptors (Lipinski definition) is 3. The lowest BCUT2D eigenvalue weighted by Gasteiger charge is -2.26. The van der Waals surface area contributed by atoms with Crippen molar-refractivity contribution in [2.45, 2.75) is 51.4 Å². The van der Waals surface area contributed by atoms with Crippen LogP contribution in [0.15, 0.2) is 54.5 Å². The third-order valence-electron chi connectivity index (χ3n) is 5.21. The van der Waals surface area contributed by atoms with E-state index in [9.17, 15) is 4.79 Å². The monoisotopic (exact) mass is 385 g/mol. The fourth-order valence-electron chi connectivity index (χ4n) is 3.62. The Kier molecular flexibility index (Phi) is 6.99. The number of hydrogen-bond donors (Lipinski definition) is 0. The number of benzene rings is 2. The number of unbranched alkanes of at least 4 members (excludes halogenated alkanes) is 4. The Labute approximate surface area is 173 Å². The second-order valence-electron chi connectivity index (χ2n) is 7.47. The van der Waals surface area contributed by atoms with Gasteiger partial charge in [0.05, 0.1) is 10.7 Å². The van der Waals surface area contributed by atoms with Crippen LogP contribution in [0.5, 0.6) is 5.75 Å². The first kappa shape index (κ1) is 16.8. The maximum absolute atomic E-state index is 12.8. The highest BCUT2D eigenvalue weighted by Gasteiger charge is 2.10. The molecule has 2 aromatic carbocycles. The normalized spacial score (nSPS) is 16.2. The Morgan fingerprint density at radius 3 is 2.46 bits per heavy atom. The van der Waals surface area contributed by atoms with Crippen LogP contribution < -0.4 is 4.74 Å². The zero-order valence-corrected chi connectivity index (χ0v) is 16.7. The van der Waals surface area contributed by atoms with Gasteiger partial charge in [0.15, 0.2) is 5.78 Å². The molecule has 3 rings (SSSR count). The molecule has 1 aliphatic rings. The van der Waals surface area contributed by atoms with E-state index in [-0.39, 0.29) is 29.3 Å². The molecule has 0 bridgehead atoms. The summed E-state index contributed by atoms with van der Waals surface area (Å²) < 4.78 is 30.0. The average molecular weight is 386 g/mol. The average Bonchev–Trinajstić information content (AvgIpc) is 2.77. The van der Waals surface area contributed by atoms with E-state index in [1.165, 1.54) is 70.3 Å². The van der Waals surface area contributed by atoms with Crippen LogP contribution >= 0.6 is 0 Å². The molecule has 0 aliphatic carbocycles. The minimum atomic E-state index is -0.472. The minimum Gasteiger partial charge on any atom is -0.494 e. The first-order valence-corrected chi connectivity index (χ1v) is 10.6. The summed E-state index contributed by atoms with van der Waals surface area (Å²) in [6, 6.07) is 9.54. The number of carbonyl (C=O) groups is 1. The second kappa shape index (κ2) is 11.7. The van der Waals surface area contributed by atoms with E-state index in [1.807, 2.05) is 0 Å². The van der Waals surface area contributed by atoms with E-state index in [0.717, 1.165) is 12.8 Å². The van der Waals surface area contributed by atoms with Gasteiger partial charge in [0.25, 0.3) is 0 Å². The highest BCUT2D eigenvalue weighted by atomic mass is 16.5. The first-order valence-electron chi connectivity index (χ1n) is 12.1. The Balaban J connectivity index is 1.42. The quantitative estimate of drug-likeness (QED) is 0.365. The Morgan fingerprint density at radius 1 is 0.893 bits per heavy atom. The van der Waals surface area contributed by atoms with Crippen LogP contribution in [0.4, 0.5) is 0 Å². The van der Waals surface area contributed by atoms with E-state index >= 15 is 0 Å². The molecule has 2 aromatic rings. The van der Waals surface area contributed by atoms with E-state index in [0.29, 0.717) is 12.4 Å². The van der Waals surface area contributed by atoms with Crippen molar-refractivity contribution in [1.29, 1.82) is 0 Å². The van der Waals surface area contributed by atoms with Gasteiger partial charge < -0.3 is 9.64 Å². The molecule has 1 aliphatic heterocycles. The van der Waals surface area contributed by atoms with Crippen molar-refractivity contribution in [3.63, 3.8) is 0 Å². The summed E-state index contributed by atoms with van der Waals surface area (Å²) in [4.78, 5) is 15.4. The zero-order valence-electron chi connectivity index (χ0n) is 19.7. The summed E-state index contributed by atoms with van der Waals surface area (Å²) in [7, 11) is 0. The zero-order chi connectivity index (χ0) is 22.1. The summed E-state index contributed by atoms with van der Waals surface area (Å²) in [5, 5.41) is 0. The van der Waals surface area contributed by atoms with Crippen molar-refractivity contribution >= 4 is 5.78 Å². The van der Waals surface area contributed by atoms with Gasteiger partial charge in [0.2, 0.25) is 0 Å². The van der Waals surface area contributed by atoms with E-state index in [4.69, 9.17) is 8.85 Å². The maximum Gasteiger partial charge on any atom is 0.193 e. The van der Waals surface area contributed by atoms with Gasteiger partial charge in [-0.1, -0.05) is 68.1 Å². The third-order valence-corrected chi connectivity index (χ3v) is 5.21. The van der Waals surface area contributed by atoms with Gasteiger partial charge >= 0.3 is 0 Å². The van der Waals surface area contributed by atoms with E-state index < -0.39 is 5.78 Å². The fourth-order valence-corrected chi connectivity index (χ4v) is 3.62. The van der Waals surface area contributed by atoms with Crippen molar-refractivity contribution in [2.24, 2.45) is 0 Å². The number of rotatable bonds is 11. The van der Waals surface area contributed by atoms with Gasteiger partial charge in [-0.3, -0.25) is 4.79 Å². The summed E-state index contributed by atoms with van der Waals surface area (Å²) in [5.41, 5.74) is 0.195. The van der Waals surface area contributed by atoms with Crippen molar-refractivity contribution < 1.29 is 13.6 Å².